The lowest BCUT2D eigenvalue weighted by Gasteiger charge is -2.52. The van der Waals surface area contributed by atoms with Crippen molar-refractivity contribution in [1.82, 2.24) is 0 Å². The van der Waals surface area contributed by atoms with Crippen LogP contribution in [0.4, 0.5) is 0 Å². The summed E-state index contributed by atoms with van der Waals surface area (Å²) in [5.74, 6) is 2.82. The molecule has 3 aromatic carbocycles. The SMILES string of the molecule is COC1=C[C@@H]2c3ccccc3[C@]13COCC31C=C(OCc3ccccc3)C2C(OCc2ccccc2)=C1. The molecule has 186 valence electrons. The van der Waals surface area contributed by atoms with Gasteiger partial charge in [0.15, 0.2) is 0 Å². The van der Waals surface area contributed by atoms with Gasteiger partial charge in [0.25, 0.3) is 0 Å². The number of benzene rings is 3. The Kier molecular flexibility index (Phi) is 5.26. The second kappa shape index (κ2) is 8.67. The summed E-state index contributed by atoms with van der Waals surface area (Å²) in [5, 5.41) is 0. The fraction of sp³-hybridized carbons (Fsp3) is 0.273. The van der Waals surface area contributed by atoms with Crippen molar-refractivity contribution in [3.8, 4) is 0 Å². The van der Waals surface area contributed by atoms with Gasteiger partial charge in [-0.1, -0.05) is 84.9 Å². The van der Waals surface area contributed by atoms with E-state index < -0.39 is 10.8 Å². The van der Waals surface area contributed by atoms with E-state index in [-0.39, 0.29) is 11.8 Å². The van der Waals surface area contributed by atoms with E-state index in [2.05, 4.69) is 91.0 Å². The first-order chi connectivity index (χ1) is 18.2. The van der Waals surface area contributed by atoms with Gasteiger partial charge in [-0.15, -0.1) is 0 Å². The van der Waals surface area contributed by atoms with Crippen molar-refractivity contribution in [2.24, 2.45) is 11.3 Å². The fourth-order valence-electron chi connectivity index (χ4n) is 6.78. The molecule has 10 rings (SSSR count). The zero-order valence-corrected chi connectivity index (χ0v) is 20.9. The predicted octanol–water partition coefficient (Wildman–Crippen LogP) is 6.41. The van der Waals surface area contributed by atoms with Crippen molar-refractivity contribution in [1.29, 1.82) is 0 Å². The third kappa shape index (κ3) is 3.32. The van der Waals surface area contributed by atoms with Crippen molar-refractivity contribution in [2.75, 3.05) is 20.3 Å². The minimum atomic E-state index is -0.481. The molecule has 6 aliphatic carbocycles. The van der Waals surface area contributed by atoms with Crippen molar-refractivity contribution in [3.63, 3.8) is 0 Å². The summed E-state index contributed by atoms with van der Waals surface area (Å²) in [5.41, 5.74) is 3.93. The number of ether oxygens (including phenoxy) is 4. The van der Waals surface area contributed by atoms with Gasteiger partial charge >= 0.3 is 0 Å². The van der Waals surface area contributed by atoms with Crippen molar-refractivity contribution >= 4 is 0 Å². The third-order valence-electron chi connectivity index (χ3n) is 8.47. The molecule has 0 radical (unpaired) electrons. The van der Waals surface area contributed by atoms with Gasteiger partial charge in [-0.25, -0.2) is 0 Å². The monoisotopic (exact) mass is 490 g/mol. The summed E-state index contributed by atoms with van der Waals surface area (Å²) in [6.07, 6.45) is 6.93. The van der Waals surface area contributed by atoms with Crippen LogP contribution in [0.3, 0.4) is 0 Å². The number of rotatable bonds is 7. The Bertz CT molecular complexity index is 1340. The summed E-state index contributed by atoms with van der Waals surface area (Å²) >= 11 is 0. The number of methoxy groups -OCH3 is 1. The zero-order chi connectivity index (χ0) is 24.9. The lowest BCUT2D eigenvalue weighted by molar-refractivity contribution is 0.0833. The molecule has 37 heavy (non-hydrogen) atoms. The second-order valence-electron chi connectivity index (χ2n) is 10.4. The summed E-state index contributed by atoms with van der Waals surface area (Å²) in [6, 6.07) is 29.5. The first kappa shape index (κ1) is 22.4. The lowest BCUT2D eigenvalue weighted by atomic mass is 9.51. The van der Waals surface area contributed by atoms with Crippen molar-refractivity contribution in [3.05, 3.63) is 143 Å². The van der Waals surface area contributed by atoms with Crippen LogP contribution in [0.5, 0.6) is 0 Å². The average Bonchev–Trinajstić information content (AvgIpc) is 3.26. The van der Waals surface area contributed by atoms with Crippen LogP contribution in [-0.2, 0) is 37.6 Å². The molecule has 1 heterocycles. The molecule has 2 atom stereocenters. The number of hydrogen-bond acceptors (Lipinski definition) is 4. The quantitative estimate of drug-likeness (QED) is 0.383. The summed E-state index contributed by atoms with van der Waals surface area (Å²) in [6.45, 7) is 2.10. The molecule has 1 fully saturated rings. The summed E-state index contributed by atoms with van der Waals surface area (Å²) in [4.78, 5) is 0. The molecule has 0 aromatic heterocycles. The van der Waals surface area contributed by atoms with Crippen LogP contribution >= 0.6 is 0 Å². The third-order valence-corrected chi connectivity index (χ3v) is 8.47. The van der Waals surface area contributed by atoms with Gasteiger partial charge in [0.2, 0.25) is 0 Å². The maximum Gasteiger partial charge on any atom is 0.113 e. The molecule has 3 aromatic rings. The molecule has 0 saturated carbocycles. The molecule has 4 bridgehead atoms. The highest BCUT2D eigenvalue weighted by Gasteiger charge is 2.65. The fourth-order valence-corrected chi connectivity index (χ4v) is 6.78. The Hall–Kier alpha value is -3.76. The molecule has 1 aliphatic heterocycles. The molecule has 2 spiro atoms. The molecule has 0 amide bonds. The molecular weight excluding hydrogens is 460 g/mol. The van der Waals surface area contributed by atoms with E-state index in [9.17, 15) is 0 Å². The minimum Gasteiger partial charge on any atom is -0.500 e. The Labute approximate surface area is 217 Å². The van der Waals surface area contributed by atoms with Crippen LogP contribution in [0.2, 0.25) is 0 Å². The molecule has 0 N–H and O–H groups in total. The topological polar surface area (TPSA) is 36.9 Å². The van der Waals surface area contributed by atoms with Gasteiger partial charge in [0.05, 0.1) is 37.1 Å². The van der Waals surface area contributed by atoms with E-state index >= 15 is 0 Å². The normalized spacial score (nSPS) is 28.7. The predicted molar refractivity (Wildman–Crippen MR) is 141 cm³/mol. The Balaban J connectivity index is 1.37. The Morgan fingerprint density at radius 1 is 0.757 bits per heavy atom. The molecule has 1 saturated heterocycles. The van der Waals surface area contributed by atoms with Crippen LogP contribution in [-0.4, -0.2) is 20.3 Å². The summed E-state index contributed by atoms with van der Waals surface area (Å²) in [7, 11) is 1.78. The average molecular weight is 491 g/mol. The largest absolute Gasteiger partial charge is 0.500 e. The second-order valence-corrected chi connectivity index (χ2v) is 10.4. The van der Waals surface area contributed by atoms with E-state index in [0.717, 1.165) is 28.4 Å². The van der Waals surface area contributed by atoms with Crippen LogP contribution in [0.15, 0.2) is 120 Å². The Morgan fingerprint density at radius 3 is 1.97 bits per heavy atom. The lowest BCUT2D eigenvalue weighted by Crippen LogP contribution is -2.52. The minimum absolute atomic E-state index is 0.0275. The first-order valence-electron chi connectivity index (χ1n) is 13.0. The van der Waals surface area contributed by atoms with Gasteiger partial charge < -0.3 is 18.9 Å². The molecule has 4 heteroatoms. The first-order valence-corrected chi connectivity index (χ1v) is 13.0. The van der Waals surface area contributed by atoms with Gasteiger partial charge in [-0.2, -0.15) is 0 Å². The molecule has 0 unspecified atom stereocenters. The summed E-state index contributed by atoms with van der Waals surface area (Å²) < 4.78 is 25.8. The van der Waals surface area contributed by atoms with Gasteiger partial charge in [-0.3, -0.25) is 0 Å². The smallest absolute Gasteiger partial charge is 0.113 e. The highest BCUT2D eigenvalue weighted by atomic mass is 16.5. The van der Waals surface area contributed by atoms with Gasteiger partial charge in [-0.05, 0) is 40.5 Å². The van der Waals surface area contributed by atoms with Crippen molar-refractivity contribution in [2.45, 2.75) is 24.5 Å². The Morgan fingerprint density at radius 2 is 1.35 bits per heavy atom. The van der Waals surface area contributed by atoms with E-state index in [1.54, 1.807) is 7.11 Å². The van der Waals surface area contributed by atoms with E-state index in [1.807, 2.05) is 12.1 Å². The van der Waals surface area contributed by atoms with Crippen LogP contribution in [0, 0.1) is 11.3 Å². The van der Waals surface area contributed by atoms with Gasteiger partial charge in [0.1, 0.15) is 30.5 Å². The van der Waals surface area contributed by atoms with Crippen LogP contribution < -0.4 is 0 Å². The van der Waals surface area contributed by atoms with Crippen molar-refractivity contribution < 1.29 is 18.9 Å². The van der Waals surface area contributed by atoms with Crippen LogP contribution in [0.25, 0.3) is 0 Å². The number of allylic oxidation sites excluding steroid dienone is 1. The van der Waals surface area contributed by atoms with Gasteiger partial charge in [0, 0.05) is 5.92 Å². The van der Waals surface area contributed by atoms with E-state index in [0.29, 0.717) is 26.4 Å². The van der Waals surface area contributed by atoms with Crippen LogP contribution in [0.1, 0.15) is 28.2 Å². The zero-order valence-electron chi connectivity index (χ0n) is 20.9. The molecule has 4 nitrogen and oxygen atoms in total. The molecular formula is C33H30O4. The number of hydrogen-bond donors (Lipinski definition) is 0. The maximum atomic E-state index is 6.67. The maximum absolute atomic E-state index is 6.67. The molecule has 7 aliphatic rings. The van der Waals surface area contributed by atoms with E-state index in [1.165, 1.54) is 11.1 Å². The highest BCUT2D eigenvalue weighted by molar-refractivity contribution is 5.59. The van der Waals surface area contributed by atoms with E-state index in [4.69, 9.17) is 18.9 Å². The standard InChI is InChI=1S/C33H30O4/c1-34-30-16-26-25-14-8-9-15-27(25)33(30)22-35-21-32(33)17-28(36-19-23-10-4-2-5-11-23)31(26)29(18-32)37-20-24-12-6-3-7-13-24/h2-18,26,31H,19-22H2,1H3/t26-,31?,32?,33-/m1/s1. The highest BCUT2D eigenvalue weighted by Crippen LogP contribution is 2.65.